The molecule has 3 rings (SSSR count). The van der Waals surface area contributed by atoms with Gasteiger partial charge in [-0.1, -0.05) is 30.3 Å². The lowest BCUT2D eigenvalue weighted by Gasteiger charge is -2.19. The van der Waals surface area contributed by atoms with Crippen molar-refractivity contribution in [1.29, 1.82) is 0 Å². The van der Waals surface area contributed by atoms with E-state index >= 15 is 0 Å². The molecule has 0 saturated carbocycles. The van der Waals surface area contributed by atoms with Gasteiger partial charge in [-0.2, -0.15) is 0 Å². The molecule has 4 heteroatoms. The summed E-state index contributed by atoms with van der Waals surface area (Å²) >= 11 is 1.74. The molecule has 2 heterocycles. The van der Waals surface area contributed by atoms with Crippen molar-refractivity contribution in [2.45, 2.75) is 25.3 Å². The number of benzene rings is 1. The van der Waals surface area contributed by atoms with E-state index in [1.807, 2.05) is 18.2 Å². The third kappa shape index (κ3) is 2.71. The summed E-state index contributed by atoms with van der Waals surface area (Å²) in [4.78, 5) is 6.01. The monoisotopic (exact) mass is 274 g/mol. The van der Waals surface area contributed by atoms with Gasteiger partial charge in [0.25, 0.3) is 0 Å². The maximum atomic E-state index is 5.87. The van der Waals surface area contributed by atoms with E-state index in [1.54, 1.807) is 11.3 Å². The van der Waals surface area contributed by atoms with Crippen LogP contribution in [0.15, 0.2) is 30.3 Å². The summed E-state index contributed by atoms with van der Waals surface area (Å²) in [5, 5.41) is 1.18. The predicted octanol–water partition coefficient (Wildman–Crippen LogP) is 3.16. The van der Waals surface area contributed by atoms with Crippen molar-refractivity contribution in [1.82, 2.24) is 4.98 Å². The van der Waals surface area contributed by atoms with Crippen LogP contribution < -0.4 is 5.73 Å². The summed E-state index contributed by atoms with van der Waals surface area (Å²) < 4.78 is 5.56. The lowest BCUT2D eigenvalue weighted by Crippen LogP contribution is -2.15. The Balaban J connectivity index is 1.94. The van der Waals surface area contributed by atoms with E-state index in [0.717, 1.165) is 30.9 Å². The molecule has 0 amide bonds. The summed E-state index contributed by atoms with van der Waals surface area (Å²) in [5.74, 6) is 0.446. The average Bonchev–Trinajstić information content (AvgIpc) is 2.93. The van der Waals surface area contributed by atoms with E-state index in [9.17, 15) is 0 Å². The minimum Gasteiger partial charge on any atom is -0.381 e. The van der Waals surface area contributed by atoms with E-state index in [-0.39, 0.29) is 0 Å². The van der Waals surface area contributed by atoms with Gasteiger partial charge in [0.15, 0.2) is 0 Å². The molecule has 1 fully saturated rings. The fourth-order valence-corrected chi connectivity index (χ4v) is 3.53. The number of aromatic nitrogens is 1. The number of ether oxygens (including phenoxy) is 1. The van der Waals surface area contributed by atoms with Gasteiger partial charge in [-0.25, -0.2) is 4.98 Å². The van der Waals surface area contributed by atoms with Crippen molar-refractivity contribution >= 4 is 11.3 Å². The van der Waals surface area contributed by atoms with Crippen LogP contribution in [0.2, 0.25) is 0 Å². The smallest absolute Gasteiger partial charge is 0.0989 e. The number of nitrogens with two attached hydrogens (primary N) is 1. The predicted molar refractivity (Wildman–Crippen MR) is 78.2 cm³/mol. The number of hydrogen-bond acceptors (Lipinski definition) is 4. The van der Waals surface area contributed by atoms with Gasteiger partial charge in [-0.3, -0.25) is 0 Å². The normalized spacial score (nSPS) is 19.5. The van der Waals surface area contributed by atoms with Crippen LogP contribution in [0, 0.1) is 0 Å². The van der Waals surface area contributed by atoms with Gasteiger partial charge in [-0.15, -0.1) is 11.3 Å². The van der Waals surface area contributed by atoms with Crippen molar-refractivity contribution in [2.75, 3.05) is 13.2 Å². The minimum absolute atomic E-state index is 0.446. The van der Waals surface area contributed by atoms with E-state index < -0.39 is 0 Å². The van der Waals surface area contributed by atoms with Gasteiger partial charge in [0, 0.05) is 29.5 Å². The lowest BCUT2D eigenvalue weighted by atomic mass is 10.0. The number of hydrogen-bond donors (Lipinski definition) is 1. The summed E-state index contributed by atoms with van der Waals surface area (Å²) in [7, 11) is 0. The molecule has 0 spiro atoms. The Bertz CT molecular complexity index is 532. The van der Waals surface area contributed by atoms with Gasteiger partial charge >= 0.3 is 0 Å². The van der Waals surface area contributed by atoms with Crippen molar-refractivity contribution in [3.63, 3.8) is 0 Å². The van der Waals surface area contributed by atoms with Crippen LogP contribution in [0.5, 0.6) is 0 Å². The van der Waals surface area contributed by atoms with E-state index in [0.29, 0.717) is 12.5 Å². The van der Waals surface area contributed by atoms with Gasteiger partial charge in [-0.05, 0) is 12.8 Å². The van der Waals surface area contributed by atoms with Crippen LogP contribution in [0.3, 0.4) is 0 Å². The molecule has 1 atom stereocenters. The molecule has 0 aliphatic carbocycles. The first-order valence-corrected chi connectivity index (χ1v) is 7.53. The zero-order chi connectivity index (χ0) is 13.1. The van der Waals surface area contributed by atoms with Gasteiger partial charge in [0.2, 0.25) is 0 Å². The van der Waals surface area contributed by atoms with Crippen molar-refractivity contribution < 1.29 is 4.74 Å². The Morgan fingerprint density at radius 3 is 2.84 bits per heavy atom. The molecule has 1 aliphatic rings. The number of nitrogens with zero attached hydrogens (tertiary/aromatic N) is 1. The average molecular weight is 274 g/mol. The quantitative estimate of drug-likeness (QED) is 0.935. The second kappa shape index (κ2) is 5.82. The van der Waals surface area contributed by atoms with E-state index in [1.165, 1.54) is 16.3 Å². The molecular weight excluding hydrogens is 256 g/mol. The Morgan fingerprint density at radius 1 is 1.32 bits per heavy atom. The Labute approximate surface area is 117 Å². The summed E-state index contributed by atoms with van der Waals surface area (Å²) in [6.45, 7) is 2.23. The molecule has 3 nitrogen and oxygen atoms in total. The lowest BCUT2D eigenvalue weighted by molar-refractivity contribution is 0.0804. The Kier molecular flexibility index (Phi) is 3.92. The van der Waals surface area contributed by atoms with Crippen LogP contribution >= 0.6 is 11.3 Å². The summed E-state index contributed by atoms with van der Waals surface area (Å²) in [5.41, 5.74) is 8.07. The SMILES string of the molecule is NCc1sc(C2CCCOC2)nc1-c1ccccc1. The van der Waals surface area contributed by atoms with Crippen molar-refractivity contribution in [3.05, 3.63) is 40.2 Å². The van der Waals surface area contributed by atoms with Gasteiger partial charge in [0.05, 0.1) is 17.3 Å². The third-order valence-corrected chi connectivity index (χ3v) is 4.70. The molecule has 1 aromatic carbocycles. The van der Waals surface area contributed by atoms with Crippen LogP contribution in [0.25, 0.3) is 11.3 Å². The molecular formula is C15H18N2OS. The van der Waals surface area contributed by atoms with E-state index in [4.69, 9.17) is 15.5 Å². The molecule has 2 N–H and O–H groups in total. The fourth-order valence-electron chi connectivity index (χ4n) is 2.44. The zero-order valence-corrected chi connectivity index (χ0v) is 11.7. The molecule has 0 bridgehead atoms. The molecule has 19 heavy (non-hydrogen) atoms. The maximum Gasteiger partial charge on any atom is 0.0989 e. The Morgan fingerprint density at radius 2 is 2.16 bits per heavy atom. The van der Waals surface area contributed by atoms with Crippen LogP contribution in [0.4, 0.5) is 0 Å². The second-order valence-corrected chi connectivity index (χ2v) is 5.92. The van der Waals surface area contributed by atoms with Crippen LogP contribution in [0.1, 0.15) is 28.6 Å². The first-order valence-electron chi connectivity index (χ1n) is 6.71. The number of rotatable bonds is 3. The highest BCUT2D eigenvalue weighted by Gasteiger charge is 2.21. The summed E-state index contributed by atoms with van der Waals surface area (Å²) in [6, 6.07) is 10.3. The third-order valence-electron chi connectivity index (χ3n) is 3.46. The molecule has 1 aromatic heterocycles. The highest BCUT2D eigenvalue weighted by molar-refractivity contribution is 7.12. The number of thiazole rings is 1. The highest BCUT2D eigenvalue weighted by Crippen LogP contribution is 2.34. The molecule has 0 radical (unpaired) electrons. The molecule has 2 aromatic rings. The van der Waals surface area contributed by atoms with Crippen molar-refractivity contribution in [2.24, 2.45) is 5.73 Å². The Hall–Kier alpha value is -1.23. The van der Waals surface area contributed by atoms with Gasteiger partial charge in [0.1, 0.15) is 0 Å². The highest BCUT2D eigenvalue weighted by atomic mass is 32.1. The molecule has 100 valence electrons. The fraction of sp³-hybridized carbons (Fsp3) is 0.400. The second-order valence-electron chi connectivity index (χ2n) is 4.81. The zero-order valence-electron chi connectivity index (χ0n) is 10.8. The van der Waals surface area contributed by atoms with Crippen LogP contribution in [-0.2, 0) is 11.3 Å². The standard InChI is InChI=1S/C15H18N2OS/c16-9-13-14(11-5-2-1-3-6-11)17-15(19-13)12-7-4-8-18-10-12/h1-3,5-6,12H,4,7-10,16H2. The topological polar surface area (TPSA) is 48.1 Å². The first-order chi connectivity index (χ1) is 9.38. The molecule has 1 saturated heterocycles. The maximum absolute atomic E-state index is 5.87. The minimum atomic E-state index is 0.446. The summed E-state index contributed by atoms with van der Waals surface area (Å²) in [6.07, 6.45) is 2.30. The van der Waals surface area contributed by atoms with Crippen molar-refractivity contribution in [3.8, 4) is 11.3 Å². The van der Waals surface area contributed by atoms with Gasteiger partial charge < -0.3 is 10.5 Å². The molecule has 1 aliphatic heterocycles. The van der Waals surface area contributed by atoms with Crippen LogP contribution in [-0.4, -0.2) is 18.2 Å². The van der Waals surface area contributed by atoms with E-state index in [2.05, 4.69) is 12.1 Å². The largest absolute Gasteiger partial charge is 0.381 e. The molecule has 1 unspecified atom stereocenters. The first kappa shape index (κ1) is 12.8.